The average molecular weight is 364 g/mol. The van der Waals surface area contributed by atoms with Gasteiger partial charge in [0.15, 0.2) is 0 Å². The van der Waals surface area contributed by atoms with Crippen molar-refractivity contribution in [1.29, 1.82) is 0 Å². The number of amides is 1. The molecular formula is C18H24N2O4S. The van der Waals surface area contributed by atoms with Crippen LogP contribution in [-0.4, -0.2) is 31.2 Å². The molecule has 136 valence electrons. The van der Waals surface area contributed by atoms with E-state index < -0.39 is 10.1 Å². The first-order valence-corrected chi connectivity index (χ1v) is 9.93. The Morgan fingerprint density at radius 1 is 1.20 bits per heavy atom. The summed E-state index contributed by atoms with van der Waals surface area (Å²) in [4.78, 5) is 13.8. The van der Waals surface area contributed by atoms with E-state index in [1.54, 1.807) is 0 Å². The van der Waals surface area contributed by atoms with Crippen LogP contribution in [0, 0.1) is 0 Å². The number of anilines is 1. The molecule has 0 aromatic heterocycles. The van der Waals surface area contributed by atoms with Crippen molar-refractivity contribution in [3.8, 4) is 0 Å². The van der Waals surface area contributed by atoms with E-state index in [1.807, 2.05) is 24.3 Å². The number of allylic oxidation sites excluding steroid dienone is 3. The lowest BCUT2D eigenvalue weighted by molar-refractivity contribution is -0.114. The molecule has 0 radical (unpaired) electrons. The van der Waals surface area contributed by atoms with Crippen molar-refractivity contribution in [2.45, 2.75) is 32.6 Å². The maximum Gasteiger partial charge on any atom is 0.264 e. The number of hydrogen-bond acceptors (Lipinski definition) is 4. The standard InChI is InChI=1S/C16H18N2O.C2H6O3S/c17-16(19)13-10-12-6-4-5-9-15(12)18(11-13)14-7-2-1-3-8-14;1-2-6(3,4)5/h1-3,7-8,10H,4-6,9,11H2,(H2,17,19);2H2,1H3,(H,3,4,5). The van der Waals surface area contributed by atoms with E-state index in [1.165, 1.54) is 31.0 Å². The van der Waals surface area contributed by atoms with Gasteiger partial charge in [0.1, 0.15) is 0 Å². The van der Waals surface area contributed by atoms with Crippen LogP contribution < -0.4 is 10.6 Å². The highest BCUT2D eigenvalue weighted by molar-refractivity contribution is 7.85. The zero-order chi connectivity index (χ0) is 18.4. The van der Waals surface area contributed by atoms with Gasteiger partial charge in [0, 0.05) is 17.0 Å². The average Bonchev–Trinajstić information content (AvgIpc) is 2.61. The molecule has 1 aliphatic heterocycles. The highest BCUT2D eigenvalue weighted by Crippen LogP contribution is 2.35. The third-order valence-electron chi connectivity index (χ3n) is 4.23. The van der Waals surface area contributed by atoms with E-state index in [4.69, 9.17) is 10.3 Å². The Balaban J connectivity index is 0.000000326. The second-order valence-electron chi connectivity index (χ2n) is 6.01. The predicted molar refractivity (Wildman–Crippen MR) is 98.6 cm³/mol. The molecule has 6 nitrogen and oxygen atoms in total. The van der Waals surface area contributed by atoms with Crippen molar-refractivity contribution in [2.75, 3.05) is 17.2 Å². The van der Waals surface area contributed by atoms with Crippen molar-refractivity contribution in [3.05, 3.63) is 53.3 Å². The van der Waals surface area contributed by atoms with Gasteiger partial charge in [-0.3, -0.25) is 9.35 Å². The molecule has 1 amide bonds. The summed E-state index contributed by atoms with van der Waals surface area (Å²) < 4.78 is 26.9. The van der Waals surface area contributed by atoms with Crippen LogP contribution >= 0.6 is 0 Å². The molecule has 0 spiro atoms. The van der Waals surface area contributed by atoms with Gasteiger partial charge in [-0.2, -0.15) is 8.42 Å². The minimum Gasteiger partial charge on any atom is -0.366 e. The summed E-state index contributed by atoms with van der Waals surface area (Å²) in [6.45, 7) is 1.97. The number of benzene rings is 1. The lowest BCUT2D eigenvalue weighted by atomic mass is 9.90. The summed E-state index contributed by atoms with van der Waals surface area (Å²) in [5, 5.41) is 0. The number of carbonyl (C=O) groups is 1. The van der Waals surface area contributed by atoms with E-state index in [9.17, 15) is 13.2 Å². The number of hydrogen-bond donors (Lipinski definition) is 2. The SMILES string of the molecule is CCS(=O)(=O)O.NC(=O)C1=CC2=C(CCCC2)N(c2ccccc2)C1. The van der Waals surface area contributed by atoms with Crippen molar-refractivity contribution in [1.82, 2.24) is 0 Å². The molecule has 1 aromatic rings. The second kappa shape index (κ2) is 8.31. The number of carbonyl (C=O) groups excluding carboxylic acids is 1. The van der Waals surface area contributed by atoms with Crippen LogP contribution in [0.25, 0.3) is 0 Å². The maximum absolute atomic E-state index is 11.5. The van der Waals surface area contributed by atoms with Crippen LogP contribution in [0.15, 0.2) is 53.3 Å². The van der Waals surface area contributed by atoms with Crippen molar-refractivity contribution < 1.29 is 17.8 Å². The third kappa shape index (κ3) is 5.44. The largest absolute Gasteiger partial charge is 0.366 e. The molecule has 0 saturated heterocycles. The van der Waals surface area contributed by atoms with Gasteiger partial charge in [-0.1, -0.05) is 18.2 Å². The first-order valence-electron chi connectivity index (χ1n) is 8.32. The highest BCUT2D eigenvalue weighted by atomic mass is 32.2. The molecular weight excluding hydrogens is 340 g/mol. The third-order valence-corrected chi connectivity index (χ3v) is 4.96. The Bertz CT molecular complexity index is 783. The molecule has 0 fully saturated rings. The van der Waals surface area contributed by atoms with Crippen LogP contribution in [0.1, 0.15) is 32.6 Å². The Morgan fingerprint density at radius 2 is 1.80 bits per heavy atom. The summed E-state index contributed by atoms with van der Waals surface area (Å²) >= 11 is 0. The van der Waals surface area contributed by atoms with Gasteiger partial charge < -0.3 is 10.6 Å². The summed E-state index contributed by atoms with van der Waals surface area (Å²) in [6.07, 6.45) is 6.57. The normalized spacial score (nSPS) is 17.2. The molecule has 3 N–H and O–H groups in total. The number of nitrogens with two attached hydrogens (primary N) is 1. The molecule has 0 bridgehead atoms. The van der Waals surface area contributed by atoms with Gasteiger partial charge in [0.05, 0.1) is 12.3 Å². The molecule has 0 saturated carbocycles. The summed E-state index contributed by atoms with van der Waals surface area (Å²) in [6, 6.07) is 10.2. The zero-order valence-corrected chi connectivity index (χ0v) is 15.1. The van der Waals surface area contributed by atoms with E-state index in [0.717, 1.165) is 18.5 Å². The Morgan fingerprint density at radius 3 is 2.36 bits per heavy atom. The lowest BCUT2D eigenvalue weighted by Crippen LogP contribution is -2.34. The fourth-order valence-corrected chi connectivity index (χ4v) is 2.90. The molecule has 3 rings (SSSR count). The minimum atomic E-state index is -3.66. The monoisotopic (exact) mass is 364 g/mol. The van der Waals surface area contributed by atoms with Crippen LogP contribution in [0.5, 0.6) is 0 Å². The maximum atomic E-state index is 11.5. The van der Waals surface area contributed by atoms with Gasteiger partial charge >= 0.3 is 0 Å². The molecule has 2 aliphatic rings. The lowest BCUT2D eigenvalue weighted by Gasteiger charge is -2.35. The summed E-state index contributed by atoms with van der Waals surface area (Å²) in [7, 11) is -3.66. The van der Waals surface area contributed by atoms with E-state index in [0.29, 0.717) is 12.1 Å². The predicted octanol–water partition coefficient (Wildman–Crippen LogP) is 2.64. The topological polar surface area (TPSA) is 101 Å². The van der Waals surface area contributed by atoms with Gasteiger partial charge in [-0.25, -0.2) is 0 Å². The Kier molecular flexibility index (Phi) is 6.39. The first kappa shape index (κ1) is 19.2. The van der Waals surface area contributed by atoms with Gasteiger partial charge in [-0.05, 0) is 56.4 Å². The van der Waals surface area contributed by atoms with Crippen molar-refractivity contribution in [2.24, 2.45) is 5.73 Å². The zero-order valence-electron chi connectivity index (χ0n) is 14.3. The number of para-hydroxylation sites is 1. The molecule has 7 heteroatoms. The van der Waals surface area contributed by atoms with Crippen LogP contribution in [0.2, 0.25) is 0 Å². The molecule has 25 heavy (non-hydrogen) atoms. The van der Waals surface area contributed by atoms with Crippen LogP contribution in [0.3, 0.4) is 0 Å². The number of rotatable bonds is 3. The summed E-state index contributed by atoms with van der Waals surface area (Å²) in [5.74, 6) is -0.509. The minimum absolute atomic E-state index is 0.201. The highest BCUT2D eigenvalue weighted by Gasteiger charge is 2.25. The summed E-state index contributed by atoms with van der Waals surface area (Å²) in [5.41, 5.74) is 9.98. The molecule has 1 heterocycles. The fourth-order valence-electron chi connectivity index (χ4n) is 2.90. The molecule has 1 aliphatic carbocycles. The van der Waals surface area contributed by atoms with E-state index in [2.05, 4.69) is 17.0 Å². The van der Waals surface area contributed by atoms with Crippen LogP contribution in [0.4, 0.5) is 5.69 Å². The molecule has 0 unspecified atom stereocenters. The Hall–Kier alpha value is -2.12. The van der Waals surface area contributed by atoms with Crippen LogP contribution in [-0.2, 0) is 14.9 Å². The molecule has 1 aromatic carbocycles. The van der Waals surface area contributed by atoms with E-state index in [-0.39, 0.29) is 11.7 Å². The van der Waals surface area contributed by atoms with Gasteiger partial charge in [0.2, 0.25) is 5.91 Å². The first-order chi connectivity index (χ1) is 11.8. The quantitative estimate of drug-likeness (QED) is 0.803. The van der Waals surface area contributed by atoms with Gasteiger partial charge in [0.25, 0.3) is 10.1 Å². The fraction of sp³-hybridized carbons (Fsp3) is 0.389. The molecule has 0 atom stereocenters. The van der Waals surface area contributed by atoms with Gasteiger partial charge in [-0.15, -0.1) is 0 Å². The van der Waals surface area contributed by atoms with E-state index >= 15 is 0 Å². The van der Waals surface area contributed by atoms with Crippen molar-refractivity contribution in [3.63, 3.8) is 0 Å². The number of nitrogens with zero attached hydrogens (tertiary/aromatic N) is 1. The smallest absolute Gasteiger partial charge is 0.264 e. The second-order valence-corrected chi connectivity index (χ2v) is 7.75. The Labute approximate surface area is 148 Å². The number of primary amides is 1. The van der Waals surface area contributed by atoms with Crippen molar-refractivity contribution >= 4 is 21.7 Å².